The number of Topliss-reactive ketones (excluding diaryl/α,β-unsaturated/α-hetero) is 1. The van der Waals surface area contributed by atoms with Gasteiger partial charge in [-0.1, -0.05) is 0 Å². The molecule has 0 atom stereocenters. The molecule has 0 radical (unpaired) electrons. The molecule has 0 amide bonds. The van der Waals surface area contributed by atoms with E-state index in [0.29, 0.717) is 24.4 Å². The van der Waals surface area contributed by atoms with E-state index in [1.54, 1.807) is 12.1 Å². The van der Waals surface area contributed by atoms with Gasteiger partial charge in [0.1, 0.15) is 5.82 Å². The van der Waals surface area contributed by atoms with Crippen LogP contribution in [0.5, 0.6) is 0 Å². The van der Waals surface area contributed by atoms with E-state index in [1.165, 1.54) is 12.1 Å². The van der Waals surface area contributed by atoms with Gasteiger partial charge in [-0.2, -0.15) is 5.26 Å². The largest absolute Gasteiger partial charge is 0.294 e. The Labute approximate surface area is 112 Å². The van der Waals surface area contributed by atoms with Crippen LogP contribution in [0.1, 0.15) is 29.6 Å². The number of nitriles is 1. The molecular formula is C15H17FN2O. The molecule has 0 bridgehead atoms. The lowest BCUT2D eigenvalue weighted by Crippen LogP contribution is -2.34. The highest BCUT2D eigenvalue weighted by atomic mass is 19.1. The van der Waals surface area contributed by atoms with Crippen LogP contribution in [0.2, 0.25) is 0 Å². The summed E-state index contributed by atoms with van der Waals surface area (Å²) < 4.78 is 12.8. The van der Waals surface area contributed by atoms with Gasteiger partial charge in [-0.3, -0.25) is 9.69 Å². The zero-order chi connectivity index (χ0) is 13.7. The molecule has 3 nitrogen and oxygen atoms in total. The highest BCUT2D eigenvalue weighted by molar-refractivity contribution is 5.96. The minimum atomic E-state index is -0.318. The Hall–Kier alpha value is -1.73. The Balaban J connectivity index is 1.84. The van der Waals surface area contributed by atoms with Crippen LogP contribution in [0.15, 0.2) is 24.3 Å². The lowest BCUT2D eigenvalue weighted by Gasteiger charge is -2.29. The second-order valence-electron chi connectivity index (χ2n) is 5.01. The zero-order valence-electron chi connectivity index (χ0n) is 10.8. The van der Waals surface area contributed by atoms with Crippen molar-refractivity contribution in [3.8, 4) is 6.07 Å². The van der Waals surface area contributed by atoms with Crippen LogP contribution in [0.3, 0.4) is 0 Å². The van der Waals surface area contributed by atoms with E-state index in [0.717, 1.165) is 25.9 Å². The van der Waals surface area contributed by atoms with E-state index in [2.05, 4.69) is 11.0 Å². The zero-order valence-corrected chi connectivity index (χ0v) is 10.8. The van der Waals surface area contributed by atoms with Crippen LogP contribution in [-0.4, -0.2) is 30.3 Å². The fourth-order valence-corrected chi connectivity index (χ4v) is 2.46. The first-order valence-electron chi connectivity index (χ1n) is 6.57. The van der Waals surface area contributed by atoms with Gasteiger partial charge in [0, 0.05) is 12.0 Å². The van der Waals surface area contributed by atoms with Gasteiger partial charge in [0.05, 0.1) is 12.6 Å². The van der Waals surface area contributed by atoms with Gasteiger partial charge < -0.3 is 0 Å². The molecule has 0 aliphatic carbocycles. The minimum absolute atomic E-state index is 0.0822. The van der Waals surface area contributed by atoms with E-state index in [-0.39, 0.29) is 11.6 Å². The molecule has 0 aromatic heterocycles. The third-order valence-electron chi connectivity index (χ3n) is 3.64. The second kappa shape index (κ2) is 6.44. The Morgan fingerprint density at radius 1 is 1.32 bits per heavy atom. The highest BCUT2D eigenvalue weighted by Gasteiger charge is 2.21. The van der Waals surface area contributed by atoms with Gasteiger partial charge in [-0.05, 0) is 56.1 Å². The smallest absolute Gasteiger partial charge is 0.163 e. The number of likely N-dealkylation sites (tertiary alicyclic amines) is 1. The number of carbonyl (C=O) groups excluding carboxylic acids is 1. The Kier molecular flexibility index (Phi) is 4.64. The van der Waals surface area contributed by atoms with E-state index < -0.39 is 0 Å². The molecule has 0 saturated carbocycles. The molecule has 1 aliphatic rings. The number of rotatable bonds is 4. The van der Waals surface area contributed by atoms with Crippen molar-refractivity contribution in [2.75, 3.05) is 19.6 Å². The van der Waals surface area contributed by atoms with Crippen LogP contribution in [0, 0.1) is 23.1 Å². The van der Waals surface area contributed by atoms with Gasteiger partial charge >= 0.3 is 0 Å². The Morgan fingerprint density at radius 2 is 1.95 bits per heavy atom. The molecule has 0 spiro atoms. The molecule has 1 fully saturated rings. The average molecular weight is 260 g/mol. The molecule has 4 heteroatoms. The van der Waals surface area contributed by atoms with E-state index in [9.17, 15) is 9.18 Å². The molecule has 0 N–H and O–H groups in total. The van der Waals surface area contributed by atoms with Crippen molar-refractivity contribution in [3.63, 3.8) is 0 Å². The number of carbonyl (C=O) groups is 1. The van der Waals surface area contributed by atoms with Crippen molar-refractivity contribution >= 4 is 5.78 Å². The van der Waals surface area contributed by atoms with Crippen LogP contribution in [-0.2, 0) is 0 Å². The summed E-state index contributed by atoms with van der Waals surface area (Å²) in [5.74, 6) is 0.146. The van der Waals surface area contributed by atoms with E-state index in [1.807, 2.05) is 0 Å². The summed E-state index contributed by atoms with van der Waals surface area (Å²) >= 11 is 0. The van der Waals surface area contributed by atoms with Gasteiger partial charge in [-0.25, -0.2) is 4.39 Å². The number of ketones is 1. The summed E-state index contributed by atoms with van der Waals surface area (Å²) in [5, 5.41) is 8.62. The number of halogens is 1. The molecule has 1 saturated heterocycles. The lowest BCUT2D eigenvalue weighted by molar-refractivity contribution is 0.0932. The number of hydrogen-bond acceptors (Lipinski definition) is 3. The Morgan fingerprint density at radius 3 is 2.53 bits per heavy atom. The second-order valence-corrected chi connectivity index (χ2v) is 5.01. The predicted molar refractivity (Wildman–Crippen MR) is 70.1 cm³/mol. The SMILES string of the molecule is N#CCN1CCC(CC(=O)c2ccc(F)cc2)CC1. The number of benzene rings is 1. The lowest BCUT2D eigenvalue weighted by atomic mass is 9.90. The fourth-order valence-electron chi connectivity index (χ4n) is 2.46. The quantitative estimate of drug-likeness (QED) is 0.617. The fraction of sp³-hybridized carbons (Fsp3) is 0.467. The average Bonchev–Trinajstić information content (AvgIpc) is 2.42. The van der Waals surface area contributed by atoms with E-state index in [4.69, 9.17) is 5.26 Å². The van der Waals surface area contributed by atoms with Crippen molar-refractivity contribution in [3.05, 3.63) is 35.6 Å². The van der Waals surface area contributed by atoms with Gasteiger partial charge in [0.15, 0.2) is 5.78 Å². The molecular weight excluding hydrogens is 243 g/mol. The third-order valence-corrected chi connectivity index (χ3v) is 3.64. The summed E-state index contributed by atoms with van der Waals surface area (Å²) in [5.41, 5.74) is 0.584. The normalized spacial score (nSPS) is 17.1. The third kappa shape index (κ3) is 3.87. The maximum Gasteiger partial charge on any atom is 0.163 e. The first kappa shape index (κ1) is 13.7. The maximum absolute atomic E-state index is 12.8. The Bertz CT molecular complexity index is 470. The standard InChI is InChI=1S/C15H17FN2O/c16-14-3-1-13(2-4-14)15(19)11-12-5-8-18(9-6-12)10-7-17/h1-4,12H,5-6,8-11H2. The van der Waals surface area contributed by atoms with Gasteiger partial charge in [0.25, 0.3) is 0 Å². The van der Waals surface area contributed by atoms with Crippen molar-refractivity contribution in [2.24, 2.45) is 5.92 Å². The molecule has 0 unspecified atom stereocenters. The molecule has 1 heterocycles. The molecule has 2 rings (SSSR count). The topological polar surface area (TPSA) is 44.1 Å². The molecule has 1 aliphatic heterocycles. The number of piperidine rings is 1. The van der Waals surface area contributed by atoms with Crippen LogP contribution < -0.4 is 0 Å². The van der Waals surface area contributed by atoms with Crippen molar-refractivity contribution in [2.45, 2.75) is 19.3 Å². The summed E-state index contributed by atoms with van der Waals surface area (Å²) in [4.78, 5) is 14.2. The predicted octanol–water partition coefficient (Wildman–Crippen LogP) is 2.63. The number of nitrogens with zero attached hydrogens (tertiary/aromatic N) is 2. The first-order chi connectivity index (χ1) is 9.19. The summed E-state index contributed by atoms with van der Waals surface area (Å²) in [6.07, 6.45) is 2.43. The van der Waals surface area contributed by atoms with E-state index >= 15 is 0 Å². The van der Waals surface area contributed by atoms with Gasteiger partial charge in [0.2, 0.25) is 0 Å². The highest BCUT2D eigenvalue weighted by Crippen LogP contribution is 2.22. The van der Waals surface area contributed by atoms with Crippen molar-refractivity contribution in [1.29, 1.82) is 5.26 Å². The van der Waals surface area contributed by atoms with Crippen LogP contribution in [0.4, 0.5) is 4.39 Å². The number of hydrogen-bond donors (Lipinski definition) is 0. The van der Waals surface area contributed by atoms with Crippen molar-refractivity contribution in [1.82, 2.24) is 4.90 Å². The molecule has 1 aromatic rings. The molecule has 1 aromatic carbocycles. The summed E-state index contributed by atoms with van der Waals surface area (Å²) in [7, 11) is 0. The van der Waals surface area contributed by atoms with Crippen LogP contribution >= 0.6 is 0 Å². The maximum atomic E-state index is 12.8. The van der Waals surface area contributed by atoms with Crippen LogP contribution in [0.25, 0.3) is 0 Å². The summed E-state index contributed by atoms with van der Waals surface area (Å²) in [6.45, 7) is 2.24. The molecule has 100 valence electrons. The monoisotopic (exact) mass is 260 g/mol. The summed E-state index contributed by atoms with van der Waals surface area (Å²) in [6, 6.07) is 7.88. The minimum Gasteiger partial charge on any atom is -0.294 e. The first-order valence-corrected chi connectivity index (χ1v) is 6.57. The van der Waals surface area contributed by atoms with Crippen molar-refractivity contribution < 1.29 is 9.18 Å². The molecule has 19 heavy (non-hydrogen) atoms. The van der Waals surface area contributed by atoms with Gasteiger partial charge in [-0.15, -0.1) is 0 Å².